The number of aryl methyl sites for hydroxylation is 2. The normalized spacial score (nSPS) is 11.0. The van der Waals surface area contributed by atoms with Crippen LogP contribution in [0.5, 0.6) is 0 Å². The minimum Gasteiger partial charge on any atom is -0.383 e. The molecule has 0 aliphatic heterocycles. The number of ether oxygens (including phenoxy) is 1. The van der Waals surface area contributed by atoms with Crippen molar-refractivity contribution in [1.82, 2.24) is 20.4 Å². The zero-order valence-electron chi connectivity index (χ0n) is 16.2. The molecule has 0 unspecified atom stereocenters. The first-order chi connectivity index (χ1) is 13.5. The average Bonchev–Trinajstić information content (AvgIpc) is 3.23. The SMILES string of the molecule is COCCNC(=O)CNC(=O)c1cc2c(C)nn(Cc3ccc(C)cc3)c2s1. The molecule has 0 spiro atoms. The molecule has 0 radical (unpaired) electrons. The molecule has 0 aliphatic carbocycles. The molecule has 3 aromatic rings. The van der Waals surface area contributed by atoms with E-state index in [4.69, 9.17) is 4.74 Å². The highest BCUT2D eigenvalue weighted by Gasteiger charge is 2.17. The third-order valence-electron chi connectivity index (χ3n) is 4.32. The van der Waals surface area contributed by atoms with Crippen LogP contribution in [0.25, 0.3) is 10.2 Å². The number of benzene rings is 1. The predicted octanol–water partition coefficient (Wildman–Crippen LogP) is 2.26. The van der Waals surface area contributed by atoms with Crippen LogP contribution in [0.4, 0.5) is 0 Å². The zero-order valence-corrected chi connectivity index (χ0v) is 17.1. The number of nitrogens with one attached hydrogen (secondary N) is 2. The fraction of sp³-hybridized carbons (Fsp3) is 0.350. The zero-order chi connectivity index (χ0) is 20.1. The second kappa shape index (κ2) is 8.99. The lowest BCUT2D eigenvalue weighted by Crippen LogP contribution is -2.37. The first-order valence-electron chi connectivity index (χ1n) is 9.04. The van der Waals surface area contributed by atoms with E-state index in [1.165, 1.54) is 16.9 Å². The Morgan fingerprint density at radius 3 is 2.64 bits per heavy atom. The molecule has 0 saturated heterocycles. The molecule has 2 amide bonds. The molecule has 8 heteroatoms. The van der Waals surface area contributed by atoms with Crippen LogP contribution in [0.15, 0.2) is 30.3 Å². The average molecular weight is 401 g/mol. The Kier molecular flexibility index (Phi) is 6.43. The number of fused-ring (bicyclic) bond motifs is 1. The van der Waals surface area contributed by atoms with Gasteiger partial charge < -0.3 is 15.4 Å². The molecule has 2 aromatic heterocycles. The van der Waals surface area contributed by atoms with Crippen molar-refractivity contribution in [3.8, 4) is 0 Å². The van der Waals surface area contributed by atoms with Gasteiger partial charge in [-0.15, -0.1) is 11.3 Å². The van der Waals surface area contributed by atoms with Crippen LogP contribution in [0.2, 0.25) is 0 Å². The summed E-state index contributed by atoms with van der Waals surface area (Å²) in [6.45, 7) is 5.43. The number of rotatable bonds is 8. The Bertz CT molecular complexity index is 975. The quantitative estimate of drug-likeness (QED) is 0.568. The Labute approximate surface area is 167 Å². The summed E-state index contributed by atoms with van der Waals surface area (Å²) in [5.74, 6) is -0.502. The smallest absolute Gasteiger partial charge is 0.261 e. The minimum absolute atomic E-state index is 0.0642. The van der Waals surface area contributed by atoms with Crippen molar-refractivity contribution in [2.45, 2.75) is 20.4 Å². The van der Waals surface area contributed by atoms with E-state index in [1.54, 1.807) is 7.11 Å². The van der Waals surface area contributed by atoms with Crippen molar-refractivity contribution in [3.63, 3.8) is 0 Å². The van der Waals surface area contributed by atoms with Crippen LogP contribution in [0.3, 0.4) is 0 Å². The highest BCUT2D eigenvalue weighted by atomic mass is 32.1. The maximum absolute atomic E-state index is 12.4. The number of carbonyl (C=O) groups is 2. The summed E-state index contributed by atoms with van der Waals surface area (Å²) in [5.41, 5.74) is 3.25. The monoisotopic (exact) mass is 400 g/mol. The van der Waals surface area contributed by atoms with E-state index >= 15 is 0 Å². The third-order valence-corrected chi connectivity index (χ3v) is 5.47. The van der Waals surface area contributed by atoms with Gasteiger partial charge in [-0.05, 0) is 25.5 Å². The van der Waals surface area contributed by atoms with Gasteiger partial charge in [0.25, 0.3) is 5.91 Å². The first kappa shape index (κ1) is 20.0. The third kappa shape index (κ3) is 4.76. The Balaban J connectivity index is 1.69. The fourth-order valence-corrected chi connectivity index (χ4v) is 3.88. The minimum atomic E-state index is -0.260. The Morgan fingerprint density at radius 1 is 1.18 bits per heavy atom. The number of thiophene rings is 1. The predicted molar refractivity (Wildman–Crippen MR) is 110 cm³/mol. The number of carbonyl (C=O) groups excluding carboxylic acids is 2. The fourth-order valence-electron chi connectivity index (χ4n) is 2.80. The van der Waals surface area contributed by atoms with Crippen molar-refractivity contribution < 1.29 is 14.3 Å². The molecule has 28 heavy (non-hydrogen) atoms. The van der Waals surface area contributed by atoms with Gasteiger partial charge >= 0.3 is 0 Å². The van der Waals surface area contributed by atoms with Crippen LogP contribution in [-0.2, 0) is 16.1 Å². The maximum Gasteiger partial charge on any atom is 0.261 e. The summed E-state index contributed by atoms with van der Waals surface area (Å²) in [4.78, 5) is 25.7. The van der Waals surface area contributed by atoms with Crippen LogP contribution < -0.4 is 10.6 Å². The van der Waals surface area contributed by atoms with Gasteiger partial charge in [0.2, 0.25) is 5.91 Å². The second-order valence-electron chi connectivity index (χ2n) is 6.58. The van der Waals surface area contributed by atoms with Crippen LogP contribution in [0.1, 0.15) is 26.5 Å². The van der Waals surface area contributed by atoms with Crippen molar-refractivity contribution in [2.75, 3.05) is 26.8 Å². The number of aromatic nitrogens is 2. The maximum atomic E-state index is 12.4. The Morgan fingerprint density at radius 2 is 1.93 bits per heavy atom. The van der Waals surface area contributed by atoms with Crippen molar-refractivity contribution in [3.05, 3.63) is 52.0 Å². The summed E-state index contributed by atoms with van der Waals surface area (Å²) in [5, 5.41) is 10.9. The Hall–Kier alpha value is -2.71. The van der Waals surface area contributed by atoms with Gasteiger partial charge in [-0.3, -0.25) is 14.3 Å². The number of hydrogen-bond acceptors (Lipinski definition) is 5. The first-order valence-corrected chi connectivity index (χ1v) is 9.86. The molecular weight excluding hydrogens is 376 g/mol. The van der Waals surface area contributed by atoms with E-state index in [0.717, 1.165) is 21.5 Å². The lowest BCUT2D eigenvalue weighted by atomic mass is 10.1. The largest absolute Gasteiger partial charge is 0.383 e. The highest BCUT2D eigenvalue weighted by molar-refractivity contribution is 7.20. The van der Waals surface area contributed by atoms with E-state index in [9.17, 15) is 9.59 Å². The lowest BCUT2D eigenvalue weighted by molar-refractivity contribution is -0.120. The molecule has 1 aromatic carbocycles. The molecule has 0 atom stereocenters. The van der Waals surface area contributed by atoms with Gasteiger partial charge in [-0.2, -0.15) is 5.10 Å². The topological polar surface area (TPSA) is 85.2 Å². The van der Waals surface area contributed by atoms with E-state index in [2.05, 4.69) is 46.9 Å². The number of hydrogen-bond donors (Lipinski definition) is 2. The van der Waals surface area contributed by atoms with E-state index in [0.29, 0.717) is 24.6 Å². The van der Waals surface area contributed by atoms with Gasteiger partial charge in [0, 0.05) is 19.0 Å². The van der Waals surface area contributed by atoms with Gasteiger partial charge in [-0.1, -0.05) is 29.8 Å². The van der Waals surface area contributed by atoms with Crippen molar-refractivity contribution in [1.29, 1.82) is 0 Å². The van der Waals surface area contributed by atoms with Crippen LogP contribution in [-0.4, -0.2) is 48.4 Å². The van der Waals surface area contributed by atoms with Crippen LogP contribution in [0, 0.1) is 13.8 Å². The van der Waals surface area contributed by atoms with Gasteiger partial charge in [0.1, 0.15) is 4.83 Å². The van der Waals surface area contributed by atoms with E-state index in [-0.39, 0.29) is 18.4 Å². The molecule has 0 saturated carbocycles. The summed E-state index contributed by atoms with van der Waals surface area (Å²) >= 11 is 1.39. The summed E-state index contributed by atoms with van der Waals surface area (Å²) in [7, 11) is 1.57. The summed E-state index contributed by atoms with van der Waals surface area (Å²) < 4.78 is 6.80. The molecule has 2 N–H and O–H groups in total. The molecular formula is C20H24N4O3S. The standard InChI is InChI=1S/C20H24N4O3S/c1-13-4-6-15(7-5-13)12-24-20-16(14(2)23-24)10-17(28-20)19(26)22-11-18(25)21-8-9-27-3/h4-7,10H,8-9,11-12H2,1-3H3,(H,21,25)(H,22,26). The molecule has 148 valence electrons. The lowest BCUT2D eigenvalue weighted by Gasteiger charge is -2.05. The van der Waals surface area contributed by atoms with E-state index in [1.807, 2.05) is 17.7 Å². The molecule has 0 fully saturated rings. The molecule has 0 aliphatic rings. The van der Waals surface area contributed by atoms with Crippen molar-refractivity contribution in [2.24, 2.45) is 0 Å². The number of nitrogens with zero attached hydrogens (tertiary/aromatic N) is 2. The second-order valence-corrected chi connectivity index (χ2v) is 7.61. The number of amides is 2. The van der Waals surface area contributed by atoms with Gasteiger partial charge in [0.15, 0.2) is 0 Å². The highest BCUT2D eigenvalue weighted by Crippen LogP contribution is 2.28. The molecule has 3 rings (SSSR count). The summed E-state index contributed by atoms with van der Waals surface area (Å²) in [6, 6.07) is 10.2. The van der Waals surface area contributed by atoms with E-state index < -0.39 is 0 Å². The molecule has 2 heterocycles. The molecule has 7 nitrogen and oxygen atoms in total. The number of methoxy groups -OCH3 is 1. The molecule has 0 bridgehead atoms. The van der Waals surface area contributed by atoms with Gasteiger partial charge in [-0.25, -0.2) is 0 Å². The van der Waals surface area contributed by atoms with Crippen molar-refractivity contribution >= 4 is 33.4 Å². The van der Waals surface area contributed by atoms with Gasteiger partial charge in [0.05, 0.1) is 30.3 Å². The van der Waals surface area contributed by atoms with Crippen LogP contribution >= 0.6 is 11.3 Å². The summed E-state index contributed by atoms with van der Waals surface area (Å²) in [6.07, 6.45) is 0.